The summed E-state index contributed by atoms with van der Waals surface area (Å²) in [6.45, 7) is 5.37. The number of nitrogens with one attached hydrogen (secondary N) is 1. The van der Waals surface area contributed by atoms with Gasteiger partial charge in [-0.05, 0) is 44.5 Å². The number of hydrogen-bond acceptors (Lipinski definition) is 3. The molecule has 106 valence electrons. The Morgan fingerprint density at radius 3 is 2.30 bits per heavy atom. The lowest BCUT2D eigenvalue weighted by Gasteiger charge is -2.25. The summed E-state index contributed by atoms with van der Waals surface area (Å²) in [5.41, 5.74) is 0.622. The molecule has 2 aromatic rings. The molecule has 0 radical (unpaired) electrons. The predicted molar refractivity (Wildman–Crippen MR) is 78.8 cm³/mol. The Labute approximate surface area is 119 Å². The van der Waals surface area contributed by atoms with Gasteiger partial charge in [0.05, 0.1) is 16.1 Å². The number of nitrogens with zero attached hydrogens (tertiary/aromatic N) is 1. The summed E-state index contributed by atoms with van der Waals surface area (Å²) in [5, 5.41) is 0. The third-order valence-corrected chi connectivity index (χ3v) is 4.89. The number of aryl methyl sites for hydroxylation is 1. The molecular formula is C15H18N2O2S. The van der Waals surface area contributed by atoms with Gasteiger partial charge < -0.3 is 0 Å². The quantitative estimate of drug-likeness (QED) is 0.941. The van der Waals surface area contributed by atoms with Gasteiger partial charge in [-0.25, -0.2) is 8.42 Å². The van der Waals surface area contributed by atoms with Crippen LogP contribution in [0.4, 0.5) is 0 Å². The first-order valence-electron chi connectivity index (χ1n) is 6.34. The molecular weight excluding hydrogens is 272 g/mol. The maximum Gasteiger partial charge on any atom is 0.241 e. The van der Waals surface area contributed by atoms with Crippen molar-refractivity contribution in [2.75, 3.05) is 0 Å². The Hall–Kier alpha value is -1.72. The van der Waals surface area contributed by atoms with Crippen LogP contribution < -0.4 is 4.72 Å². The van der Waals surface area contributed by atoms with Crippen molar-refractivity contribution < 1.29 is 8.42 Å². The largest absolute Gasteiger partial charge is 0.259 e. The molecule has 2 rings (SSSR count). The predicted octanol–water partition coefficient (Wildman–Crippen LogP) is 2.60. The lowest BCUT2D eigenvalue weighted by atomic mass is 10.0. The van der Waals surface area contributed by atoms with Crippen molar-refractivity contribution in [3.8, 4) is 0 Å². The van der Waals surface area contributed by atoms with Gasteiger partial charge in [0.1, 0.15) is 0 Å². The summed E-state index contributed by atoms with van der Waals surface area (Å²) in [7, 11) is -3.59. The van der Waals surface area contributed by atoms with Crippen molar-refractivity contribution >= 4 is 10.0 Å². The molecule has 0 bridgehead atoms. The highest BCUT2D eigenvalue weighted by Crippen LogP contribution is 2.22. The van der Waals surface area contributed by atoms with Gasteiger partial charge in [-0.2, -0.15) is 4.72 Å². The summed E-state index contributed by atoms with van der Waals surface area (Å²) < 4.78 is 27.7. The van der Waals surface area contributed by atoms with E-state index in [0.29, 0.717) is 10.6 Å². The molecule has 4 nitrogen and oxygen atoms in total. The van der Waals surface area contributed by atoms with E-state index in [1.807, 2.05) is 12.1 Å². The minimum Gasteiger partial charge on any atom is -0.259 e. The molecule has 0 fully saturated rings. The third-order valence-electron chi connectivity index (χ3n) is 3.08. The number of sulfonamides is 1. The topological polar surface area (TPSA) is 59.1 Å². The molecule has 1 heterocycles. The average molecular weight is 290 g/mol. The van der Waals surface area contributed by atoms with E-state index in [-0.39, 0.29) is 0 Å². The van der Waals surface area contributed by atoms with Crippen molar-refractivity contribution in [2.45, 2.75) is 31.2 Å². The fraction of sp³-hybridized carbons (Fsp3) is 0.267. The van der Waals surface area contributed by atoms with Gasteiger partial charge in [0.25, 0.3) is 0 Å². The minimum atomic E-state index is -3.59. The molecule has 0 unspecified atom stereocenters. The number of aromatic nitrogens is 1. The van der Waals surface area contributed by atoms with Crippen LogP contribution in [-0.4, -0.2) is 13.4 Å². The van der Waals surface area contributed by atoms with Crippen LogP contribution in [0, 0.1) is 6.92 Å². The van der Waals surface area contributed by atoms with E-state index < -0.39 is 15.6 Å². The zero-order valence-corrected chi connectivity index (χ0v) is 12.6. The summed E-state index contributed by atoms with van der Waals surface area (Å²) in [4.78, 5) is 4.52. The van der Waals surface area contributed by atoms with Crippen molar-refractivity contribution in [3.05, 3.63) is 59.9 Å². The van der Waals surface area contributed by atoms with E-state index in [9.17, 15) is 8.42 Å². The molecule has 1 aromatic heterocycles. The van der Waals surface area contributed by atoms with Gasteiger partial charge in [0.15, 0.2) is 0 Å². The highest BCUT2D eigenvalue weighted by molar-refractivity contribution is 7.89. The molecule has 0 amide bonds. The molecule has 0 aliphatic heterocycles. The van der Waals surface area contributed by atoms with Crippen LogP contribution >= 0.6 is 0 Å². The van der Waals surface area contributed by atoms with Crippen molar-refractivity contribution in [2.24, 2.45) is 0 Å². The maximum atomic E-state index is 12.5. The van der Waals surface area contributed by atoms with Crippen LogP contribution in [0.25, 0.3) is 0 Å². The number of pyridine rings is 1. The summed E-state index contributed by atoms with van der Waals surface area (Å²) >= 11 is 0. The molecule has 0 atom stereocenters. The Bertz CT molecular complexity index is 695. The van der Waals surface area contributed by atoms with Crippen LogP contribution in [0.1, 0.15) is 25.1 Å². The smallest absolute Gasteiger partial charge is 0.241 e. The van der Waals surface area contributed by atoms with Gasteiger partial charge >= 0.3 is 0 Å². The lowest BCUT2D eigenvalue weighted by Crippen LogP contribution is -2.41. The zero-order valence-electron chi connectivity index (χ0n) is 11.8. The fourth-order valence-electron chi connectivity index (χ4n) is 2.03. The standard InChI is InChI=1S/C15H18N2O2S/c1-12-8-4-5-9-13(12)20(18,19)17-15(2,3)14-10-6-7-11-16-14/h4-11,17H,1-3H3. The molecule has 0 aliphatic carbocycles. The minimum absolute atomic E-state index is 0.295. The Balaban J connectivity index is 2.36. The van der Waals surface area contributed by atoms with Crippen LogP contribution in [-0.2, 0) is 15.6 Å². The van der Waals surface area contributed by atoms with Crippen LogP contribution in [0.3, 0.4) is 0 Å². The van der Waals surface area contributed by atoms with Gasteiger partial charge in [-0.1, -0.05) is 24.3 Å². The summed E-state index contributed by atoms with van der Waals surface area (Å²) in [5.74, 6) is 0. The molecule has 1 N–H and O–H groups in total. The van der Waals surface area contributed by atoms with E-state index >= 15 is 0 Å². The van der Waals surface area contributed by atoms with Gasteiger partial charge in [0.2, 0.25) is 10.0 Å². The Morgan fingerprint density at radius 1 is 1.05 bits per heavy atom. The number of hydrogen-bond donors (Lipinski definition) is 1. The van der Waals surface area contributed by atoms with Gasteiger partial charge in [-0.15, -0.1) is 0 Å². The van der Waals surface area contributed by atoms with E-state index in [1.165, 1.54) is 0 Å². The van der Waals surface area contributed by atoms with E-state index in [0.717, 1.165) is 5.56 Å². The van der Waals surface area contributed by atoms with E-state index in [2.05, 4.69) is 9.71 Å². The maximum absolute atomic E-state index is 12.5. The number of rotatable bonds is 4. The first kappa shape index (κ1) is 14.7. The molecule has 20 heavy (non-hydrogen) atoms. The second-order valence-corrected chi connectivity index (χ2v) is 6.86. The highest BCUT2D eigenvalue weighted by atomic mass is 32.2. The SMILES string of the molecule is Cc1ccccc1S(=O)(=O)NC(C)(C)c1ccccn1. The monoisotopic (exact) mass is 290 g/mol. The van der Waals surface area contributed by atoms with Crippen LogP contribution in [0.2, 0.25) is 0 Å². The van der Waals surface area contributed by atoms with Crippen LogP contribution in [0.15, 0.2) is 53.6 Å². The summed E-state index contributed by atoms with van der Waals surface area (Å²) in [6, 6.07) is 12.4. The van der Waals surface area contributed by atoms with Crippen molar-refractivity contribution in [1.29, 1.82) is 0 Å². The van der Waals surface area contributed by atoms with Gasteiger partial charge in [0, 0.05) is 6.20 Å². The molecule has 5 heteroatoms. The second kappa shape index (κ2) is 5.34. The molecule has 0 saturated heterocycles. The van der Waals surface area contributed by atoms with Crippen molar-refractivity contribution in [3.63, 3.8) is 0 Å². The third kappa shape index (κ3) is 3.05. The fourth-order valence-corrected chi connectivity index (χ4v) is 3.67. The Kier molecular flexibility index (Phi) is 3.92. The normalized spacial score (nSPS) is 12.3. The average Bonchev–Trinajstić information content (AvgIpc) is 2.39. The highest BCUT2D eigenvalue weighted by Gasteiger charge is 2.29. The molecule has 0 spiro atoms. The lowest BCUT2D eigenvalue weighted by molar-refractivity contribution is 0.460. The Morgan fingerprint density at radius 2 is 1.70 bits per heavy atom. The number of benzene rings is 1. The molecule has 1 aromatic carbocycles. The summed E-state index contributed by atoms with van der Waals surface area (Å²) in [6.07, 6.45) is 1.65. The molecule has 0 saturated carbocycles. The first-order chi connectivity index (χ1) is 9.33. The van der Waals surface area contributed by atoms with E-state index in [1.54, 1.807) is 57.3 Å². The molecule has 0 aliphatic rings. The first-order valence-corrected chi connectivity index (χ1v) is 7.82. The van der Waals surface area contributed by atoms with Gasteiger partial charge in [-0.3, -0.25) is 4.98 Å². The van der Waals surface area contributed by atoms with E-state index in [4.69, 9.17) is 0 Å². The van der Waals surface area contributed by atoms with Crippen LogP contribution in [0.5, 0.6) is 0 Å². The zero-order chi connectivity index (χ0) is 14.8. The second-order valence-electron chi connectivity index (χ2n) is 5.21. The van der Waals surface area contributed by atoms with Crippen molar-refractivity contribution in [1.82, 2.24) is 9.71 Å².